The van der Waals surface area contributed by atoms with Crippen LogP contribution in [0.15, 0.2) is 48.8 Å². The van der Waals surface area contributed by atoms with Gasteiger partial charge in [0, 0.05) is 12.4 Å². The van der Waals surface area contributed by atoms with E-state index in [-0.39, 0.29) is 5.82 Å². The quantitative estimate of drug-likeness (QED) is 0.723. The minimum atomic E-state index is -0.175. The lowest BCUT2D eigenvalue weighted by molar-refractivity contribution is 0.627. The van der Waals surface area contributed by atoms with Crippen molar-refractivity contribution in [2.24, 2.45) is 0 Å². The summed E-state index contributed by atoms with van der Waals surface area (Å²) in [6.07, 6.45) is 4.56. The number of aromatic nitrogens is 1. The Kier molecular flexibility index (Phi) is 3.41. The van der Waals surface area contributed by atoms with Crippen molar-refractivity contribution in [1.82, 2.24) is 4.98 Å². The number of nitrogens with zero attached hydrogens (tertiary/aromatic N) is 1. The second kappa shape index (κ2) is 4.99. The average molecular weight is 219 g/mol. The molecule has 0 amide bonds. The fourth-order valence-corrected chi connectivity index (χ4v) is 2.30. The van der Waals surface area contributed by atoms with Gasteiger partial charge in [0.1, 0.15) is 5.82 Å². The van der Waals surface area contributed by atoms with Crippen molar-refractivity contribution < 1.29 is 4.39 Å². The summed E-state index contributed by atoms with van der Waals surface area (Å²) in [5.41, 5.74) is 1.17. The van der Waals surface area contributed by atoms with Crippen LogP contribution in [0.5, 0.6) is 0 Å². The first-order chi connectivity index (χ1) is 7.34. The molecule has 0 aliphatic rings. The highest BCUT2D eigenvalue weighted by Crippen LogP contribution is 2.17. The van der Waals surface area contributed by atoms with E-state index in [0.29, 0.717) is 8.58 Å². The van der Waals surface area contributed by atoms with Crippen LogP contribution in [0, 0.1) is 5.82 Å². The maximum Gasteiger partial charge on any atom is 0.123 e. The van der Waals surface area contributed by atoms with Crippen LogP contribution < -0.4 is 5.30 Å². The summed E-state index contributed by atoms with van der Waals surface area (Å²) in [4.78, 5) is 3.97. The van der Waals surface area contributed by atoms with Gasteiger partial charge >= 0.3 is 0 Å². The van der Waals surface area contributed by atoms with Gasteiger partial charge in [0.05, 0.1) is 0 Å². The average Bonchev–Trinajstić information content (AvgIpc) is 2.30. The van der Waals surface area contributed by atoms with Crippen LogP contribution in [0.2, 0.25) is 0 Å². The first-order valence-electron chi connectivity index (χ1n) is 4.73. The van der Waals surface area contributed by atoms with Crippen molar-refractivity contribution in [3.05, 3.63) is 60.2 Å². The molecule has 15 heavy (non-hydrogen) atoms. The predicted molar refractivity (Wildman–Crippen MR) is 62.3 cm³/mol. The highest BCUT2D eigenvalue weighted by Gasteiger charge is 1.95. The van der Waals surface area contributed by atoms with E-state index in [9.17, 15) is 4.39 Å². The molecule has 0 N–H and O–H groups in total. The van der Waals surface area contributed by atoms with Gasteiger partial charge in [-0.3, -0.25) is 4.98 Å². The maximum atomic E-state index is 12.6. The molecule has 3 heteroatoms. The van der Waals surface area contributed by atoms with Crippen LogP contribution in [0.4, 0.5) is 4.39 Å². The highest BCUT2D eigenvalue weighted by atomic mass is 31.1. The van der Waals surface area contributed by atoms with Crippen molar-refractivity contribution >= 4 is 13.9 Å². The topological polar surface area (TPSA) is 12.9 Å². The minimum Gasteiger partial charge on any atom is -0.265 e. The molecule has 0 saturated carbocycles. The lowest BCUT2D eigenvalue weighted by atomic mass is 10.2. The van der Waals surface area contributed by atoms with Crippen molar-refractivity contribution in [2.45, 2.75) is 6.16 Å². The standard InChI is InChI=1S/C12H11FNP/c13-11-3-1-10(2-4-11)9-15-12-5-7-14-8-6-12/h1-8,15H,9H2. The Morgan fingerprint density at radius 1 is 1.00 bits per heavy atom. The molecule has 1 nitrogen and oxygen atoms in total. The van der Waals surface area contributed by atoms with Crippen LogP contribution in [0.3, 0.4) is 0 Å². The van der Waals surface area contributed by atoms with E-state index < -0.39 is 0 Å². The summed E-state index contributed by atoms with van der Waals surface area (Å²) in [6, 6.07) is 10.7. The van der Waals surface area contributed by atoms with Crippen molar-refractivity contribution in [2.75, 3.05) is 0 Å². The summed E-state index contributed by atoms with van der Waals surface area (Å²) in [5.74, 6) is -0.175. The third-order valence-electron chi connectivity index (χ3n) is 2.09. The van der Waals surface area contributed by atoms with E-state index in [1.807, 2.05) is 24.3 Å². The highest BCUT2D eigenvalue weighted by molar-refractivity contribution is 7.46. The summed E-state index contributed by atoms with van der Waals surface area (Å²) < 4.78 is 12.6. The lowest BCUT2D eigenvalue weighted by Gasteiger charge is -2.01. The molecule has 1 aromatic carbocycles. The zero-order chi connectivity index (χ0) is 10.5. The van der Waals surface area contributed by atoms with Crippen molar-refractivity contribution in [1.29, 1.82) is 0 Å². The lowest BCUT2D eigenvalue weighted by Crippen LogP contribution is -1.93. The zero-order valence-electron chi connectivity index (χ0n) is 8.15. The molecule has 1 atom stereocenters. The molecule has 1 unspecified atom stereocenters. The Balaban J connectivity index is 1.96. The van der Waals surface area contributed by atoms with E-state index >= 15 is 0 Å². The first-order valence-corrected chi connectivity index (χ1v) is 5.93. The summed E-state index contributed by atoms with van der Waals surface area (Å²) in [7, 11) is 0.716. The summed E-state index contributed by atoms with van der Waals surface area (Å²) in [5, 5.41) is 1.29. The molecule has 0 aliphatic carbocycles. The van der Waals surface area contributed by atoms with Gasteiger partial charge in [0.15, 0.2) is 0 Å². The number of benzene rings is 1. The third kappa shape index (κ3) is 3.10. The SMILES string of the molecule is Fc1ccc(CPc2ccncc2)cc1. The van der Waals surface area contributed by atoms with E-state index in [2.05, 4.69) is 4.98 Å². The van der Waals surface area contributed by atoms with E-state index in [4.69, 9.17) is 0 Å². The Morgan fingerprint density at radius 2 is 1.67 bits per heavy atom. The Bertz CT molecular complexity index is 413. The zero-order valence-corrected chi connectivity index (χ0v) is 9.15. The Hall–Kier alpha value is -1.27. The summed E-state index contributed by atoms with van der Waals surface area (Å²) in [6.45, 7) is 0. The number of pyridine rings is 1. The van der Waals surface area contributed by atoms with Gasteiger partial charge in [0.2, 0.25) is 0 Å². The second-order valence-electron chi connectivity index (χ2n) is 3.22. The van der Waals surface area contributed by atoms with Crippen LogP contribution in [-0.4, -0.2) is 4.98 Å². The van der Waals surface area contributed by atoms with E-state index in [1.165, 1.54) is 23.0 Å². The van der Waals surface area contributed by atoms with Gasteiger partial charge in [-0.2, -0.15) is 0 Å². The first kappa shape index (κ1) is 10.3. The van der Waals surface area contributed by atoms with Crippen molar-refractivity contribution in [3.8, 4) is 0 Å². The largest absolute Gasteiger partial charge is 0.265 e. The van der Waals surface area contributed by atoms with Gasteiger partial charge < -0.3 is 0 Å². The van der Waals surface area contributed by atoms with Crippen molar-refractivity contribution in [3.63, 3.8) is 0 Å². The van der Waals surface area contributed by atoms with Crippen LogP contribution in [-0.2, 0) is 6.16 Å². The molecule has 0 bridgehead atoms. The van der Waals surface area contributed by atoms with E-state index in [1.54, 1.807) is 12.4 Å². The molecule has 0 radical (unpaired) electrons. The van der Waals surface area contributed by atoms with Crippen LogP contribution >= 0.6 is 8.58 Å². The maximum absolute atomic E-state index is 12.6. The Morgan fingerprint density at radius 3 is 2.33 bits per heavy atom. The molecule has 1 heterocycles. The number of hydrogen-bond donors (Lipinski definition) is 0. The molecule has 0 aliphatic heterocycles. The number of rotatable bonds is 3. The molecule has 1 aromatic heterocycles. The molecule has 2 rings (SSSR count). The molecular formula is C12H11FNP. The molecule has 76 valence electrons. The van der Waals surface area contributed by atoms with Gasteiger partial charge in [-0.05, 0) is 41.3 Å². The van der Waals surface area contributed by atoms with Gasteiger partial charge in [0.25, 0.3) is 0 Å². The second-order valence-corrected chi connectivity index (χ2v) is 4.50. The fraction of sp³-hybridized carbons (Fsp3) is 0.0833. The van der Waals surface area contributed by atoms with Gasteiger partial charge in [-0.25, -0.2) is 4.39 Å². The number of hydrogen-bond acceptors (Lipinski definition) is 1. The van der Waals surface area contributed by atoms with E-state index in [0.717, 1.165) is 6.16 Å². The molecule has 2 aromatic rings. The Labute approximate surface area is 90.2 Å². The smallest absolute Gasteiger partial charge is 0.123 e. The normalized spacial score (nSPS) is 11.0. The van der Waals surface area contributed by atoms with Crippen LogP contribution in [0.1, 0.15) is 5.56 Å². The monoisotopic (exact) mass is 219 g/mol. The molecule has 0 fully saturated rings. The van der Waals surface area contributed by atoms with Gasteiger partial charge in [-0.15, -0.1) is 0 Å². The molecular weight excluding hydrogens is 208 g/mol. The molecule has 0 saturated heterocycles. The number of halogens is 1. The fourth-order valence-electron chi connectivity index (χ4n) is 1.28. The predicted octanol–water partition coefficient (Wildman–Crippen LogP) is 2.72. The van der Waals surface area contributed by atoms with Gasteiger partial charge in [-0.1, -0.05) is 20.7 Å². The minimum absolute atomic E-state index is 0.175. The third-order valence-corrected chi connectivity index (χ3v) is 3.42. The van der Waals surface area contributed by atoms with Crippen LogP contribution in [0.25, 0.3) is 0 Å². The molecule has 0 spiro atoms. The summed E-state index contributed by atoms with van der Waals surface area (Å²) >= 11 is 0.